The minimum absolute atomic E-state index is 0.290. The maximum Gasteiger partial charge on any atom is 0.347 e. The third-order valence-electron chi connectivity index (χ3n) is 3.47. The number of thiazole rings is 1. The molecule has 2 aromatic rings. The van der Waals surface area contributed by atoms with Gasteiger partial charge in [-0.2, -0.15) is 0 Å². The van der Waals surface area contributed by atoms with Crippen molar-refractivity contribution >= 4 is 17.3 Å². The van der Waals surface area contributed by atoms with Crippen molar-refractivity contribution in [1.82, 2.24) is 4.98 Å². The van der Waals surface area contributed by atoms with Crippen LogP contribution in [0.25, 0.3) is 10.6 Å². The fraction of sp³-hybridized carbons (Fsp3) is 0.375. The zero-order valence-electron chi connectivity index (χ0n) is 12.0. The fourth-order valence-electron chi connectivity index (χ4n) is 2.16. The number of rotatable bonds is 5. The first kappa shape index (κ1) is 14.1. The van der Waals surface area contributed by atoms with Crippen LogP contribution in [0.15, 0.2) is 29.6 Å². The minimum Gasteiger partial charge on any atom is -0.478 e. The van der Waals surface area contributed by atoms with Crippen LogP contribution >= 0.6 is 11.3 Å². The first-order chi connectivity index (χ1) is 10.2. The van der Waals surface area contributed by atoms with Crippen molar-refractivity contribution in [2.24, 2.45) is 5.92 Å². The summed E-state index contributed by atoms with van der Waals surface area (Å²) in [5.41, 5.74) is 2.08. The van der Waals surface area contributed by atoms with Gasteiger partial charge in [0, 0.05) is 22.6 Å². The number of methoxy groups -OCH3 is 1. The summed E-state index contributed by atoms with van der Waals surface area (Å²) < 4.78 is 10.6. The molecule has 5 heteroatoms. The Kier molecular flexibility index (Phi) is 3.92. The summed E-state index contributed by atoms with van der Waals surface area (Å²) in [7, 11) is 1.40. The highest BCUT2D eigenvalue weighted by molar-refractivity contribution is 7.13. The van der Waals surface area contributed by atoms with Crippen LogP contribution in [-0.2, 0) is 9.53 Å². The molecular weight excluding hydrogens is 286 g/mol. The van der Waals surface area contributed by atoms with Gasteiger partial charge in [-0.1, -0.05) is 0 Å². The van der Waals surface area contributed by atoms with Gasteiger partial charge in [-0.05, 0) is 44.0 Å². The normalized spacial score (nSPS) is 15.5. The summed E-state index contributed by atoms with van der Waals surface area (Å²) in [6.07, 6.45) is 1.56. The van der Waals surface area contributed by atoms with Crippen LogP contribution in [0, 0.1) is 12.8 Å². The molecule has 1 atom stereocenters. The zero-order chi connectivity index (χ0) is 14.8. The molecule has 1 unspecified atom stereocenters. The van der Waals surface area contributed by atoms with Crippen LogP contribution in [0.5, 0.6) is 5.75 Å². The van der Waals surface area contributed by atoms with E-state index in [0.29, 0.717) is 11.7 Å². The van der Waals surface area contributed by atoms with Crippen molar-refractivity contribution in [1.29, 1.82) is 0 Å². The van der Waals surface area contributed by atoms with Gasteiger partial charge in [0.1, 0.15) is 10.8 Å². The van der Waals surface area contributed by atoms with Crippen LogP contribution in [0.4, 0.5) is 0 Å². The average Bonchev–Trinajstić information content (AvgIpc) is 3.26. The SMILES string of the molecule is COC(=O)C(Oc1ccc(-c2nc(C)cs2)cc1)C1CC1. The van der Waals surface area contributed by atoms with Crippen molar-refractivity contribution in [3.63, 3.8) is 0 Å². The quantitative estimate of drug-likeness (QED) is 0.794. The van der Waals surface area contributed by atoms with Gasteiger partial charge in [-0.25, -0.2) is 9.78 Å². The Morgan fingerprint density at radius 2 is 2.05 bits per heavy atom. The van der Waals surface area contributed by atoms with Gasteiger partial charge >= 0.3 is 5.97 Å². The minimum atomic E-state index is -0.483. The second-order valence-corrected chi connectivity index (χ2v) is 6.08. The number of hydrogen-bond acceptors (Lipinski definition) is 5. The van der Waals surface area contributed by atoms with Crippen molar-refractivity contribution in [2.45, 2.75) is 25.9 Å². The van der Waals surface area contributed by atoms with E-state index in [1.807, 2.05) is 36.6 Å². The van der Waals surface area contributed by atoms with Gasteiger partial charge in [0.2, 0.25) is 0 Å². The number of aryl methyl sites for hydroxylation is 1. The predicted octanol–water partition coefficient (Wildman–Crippen LogP) is 3.45. The van der Waals surface area contributed by atoms with Gasteiger partial charge in [-0.15, -0.1) is 11.3 Å². The van der Waals surface area contributed by atoms with Crippen molar-refractivity contribution < 1.29 is 14.3 Å². The lowest BCUT2D eigenvalue weighted by atomic mass is 10.2. The molecule has 3 rings (SSSR count). The molecule has 1 fully saturated rings. The number of carbonyl (C=O) groups excluding carboxylic acids is 1. The summed E-state index contributed by atoms with van der Waals surface area (Å²) in [6, 6.07) is 7.69. The Morgan fingerprint density at radius 3 is 2.57 bits per heavy atom. The third-order valence-corrected chi connectivity index (χ3v) is 4.48. The molecule has 1 aromatic carbocycles. The summed E-state index contributed by atoms with van der Waals surface area (Å²) in [4.78, 5) is 16.2. The molecule has 1 aromatic heterocycles. The van der Waals surface area contributed by atoms with Gasteiger partial charge in [0.05, 0.1) is 7.11 Å². The van der Waals surface area contributed by atoms with E-state index in [9.17, 15) is 4.79 Å². The van der Waals surface area contributed by atoms with E-state index in [1.165, 1.54) is 7.11 Å². The first-order valence-electron chi connectivity index (χ1n) is 6.94. The molecule has 1 aliphatic rings. The van der Waals surface area contributed by atoms with E-state index >= 15 is 0 Å². The lowest BCUT2D eigenvalue weighted by Gasteiger charge is -2.16. The largest absolute Gasteiger partial charge is 0.478 e. The molecule has 0 bridgehead atoms. The summed E-state index contributed by atoms with van der Waals surface area (Å²) in [6.45, 7) is 1.98. The molecule has 4 nitrogen and oxygen atoms in total. The highest BCUT2D eigenvalue weighted by Crippen LogP contribution is 2.36. The summed E-state index contributed by atoms with van der Waals surface area (Å²) in [5.74, 6) is 0.685. The highest BCUT2D eigenvalue weighted by Gasteiger charge is 2.38. The summed E-state index contributed by atoms with van der Waals surface area (Å²) >= 11 is 1.62. The average molecular weight is 303 g/mol. The van der Waals surface area contributed by atoms with E-state index in [-0.39, 0.29) is 5.97 Å². The second kappa shape index (κ2) is 5.85. The Labute approximate surface area is 127 Å². The molecular formula is C16H17NO3S. The molecule has 0 spiro atoms. The third kappa shape index (κ3) is 3.24. The standard InChI is InChI=1S/C16H17NO3S/c1-10-9-21-15(17-10)12-5-7-13(8-6-12)20-14(11-3-4-11)16(18)19-2/h5-9,11,14H,3-4H2,1-2H3. The molecule has 0 N–H and O–H groups in total. The molecule has 1 saturated carbocycles. The van der Waals surface area contributed by atoms with Gasteiger partial charge in [0.15, 0.2) is 6.10 Å². The number of ether oxygens (including phenoxy) is 2. The van der Waals surface area contributed by atoms with E-state index in [4.69, 9.17) is 9.47 Å². The van der Waals surface area contributed by atoms with E-state index in [2.05, 4.69) is 4.98 Å². The Bertz CT molecular complexity index is 631. The van der Waals surface area contributed by atoms with Crippen molar-refractivity contribution in [3.8, 4) is 16.3 Å². The molecule has 0 radical (unpaired) electrons. The zero-order valence-corrected chi connectivity index (χ0v) is 12.9. The number of aromatic nitrogens is 1. The lowest BCUT2D eigenvalue weighted by Crippen LogP contribution is -2.30. The highest BCUT2D eigenvalue weighted by atomic mass is 32.1. The topological polar surface area (TPSA) is 48.4 Å². The Balaban J connectivity index is 1.73. The maximum absolute atomic E-state index is 11.7. The molecule has 21 heavy (non-hydrogen) atoms. The second-order valence-electron chi connectivity index (χ2n) is 5.22. The monoisotopic (exact) mass is 303 g/mol. The van der Waals surface area contributed by atoms with Gasteiger partial charge < -0.3 is 9.47 Å². The number of carbonyl (C=O) groups is 1. The number of esters is 1. The van der Waals surface area contributed by atoms with Gasteiger partial charge in [-0.3, -0.25) is 0 Å². The fourth-order valence-corrected chi connectivity index (χ4v) is 2.96. The molecule has 110 valence electrons. The smallest absolute Gasteiger partial charge is 0.347 e. The Morgan fingerprint density at radius 1 is 1.33 bits per heavy atom. The first-order valence-corrected chi connectivity index (χ1v) is 7.82. The Hall–Kier alpha value is -1.88. The molecule has 0 aliphatic heterocycles. The number of benzene rings is 1. The molecule has 1 heterocycles. The number of hydrogen-bond donors (Lipinski definition) is 0. The van der Waals surface area contributed by atoms with Crippen LogP contribution in [0.3, 0.4) is 0 Å². The maximum atomic E-state index is 11.7. The van der Waals surface area contributed by atoms with Crippen LogP contribution in [-0.4, -0.2) is 24.2 Å². The van der Waals surface area contributed by atoms with Crippen molar-refractivity contribution in [3.05, 3.63) is 35.3 Å². The molecule has 0 amide bonds. The molecule has 1 aliphatic carbocycles. The predicted molar refractivity (Wildman–Crippen MR) is 81.4 cm³/mol. The van der Waals surface area contributed by atoms with E-state index < -0.39 is 6.10 Å². The molecule has 0 saturated heterocycles. The number of nitrogens with zero attached hydrogens (tertiary/aromatic N) is 1. The lowest BCUT2D eigenvalue weighted by molar-refractivity contribution is -0.149. The van der Waals surface area contributed by atoms with Gasteiger partial charge in [0.25, 0.3) is 0 Å². The van der Waals surface area contributed by atoms with Crippen LogP contribution in [0.1, 0.15) is 18.5 Å². The van der Waals surface area contributed by atoms with Crippen LogP contribution in [0.2, 0.25) is 0 Å². The summed E-state index contributed by atoms with van der Waals surface area (Å²) in [5, 5.41) is 3.02. The van der Waals surface area contributed by atoms with E-state index in [1.54, 1.807) is 11.3 Å². The van der Waals surface area contributed by atoms with Crippen molar-refractivity contribution in [2.75, 3.05) is 7.11 Å². The van der Waals surface area contributed by atoms with Crippen LogP contribution < -0.4 is 4.74 Å². The van der Waals surface area contributed by atoms with E-state index in [0.717, 1.165) is 29.1 Å².